The van der Waals surface area contributed by atoms with E-state index < -0.39 is 38.2 Å². The summed E-state index contributed by atoms with van der Waals surface area (Å²) < 4.78 is 31.6. The first kappa shape index (κ1) is 17.3. The van der Waals surface area contributed by atoms with Gasteiger partial charge in [-0.15, -0.1) is 0 Å². The van der Waals surface area contributed by atoms with E-state index in [0.29, 0.717) is 0 Å². The van der Waals surface area contributed by atoms with Crippen molar-refractivity contribution in [2.75, 3.05) is 13.7 Å². The van der Waals surface area contributed by atoms with Gasteiger partial charge < -0.3 is 9.84 Å². The Kier molecular flexibility index (Phi) is 5.64. The lowest BCUT2D eigenvalue weighted by molar-refractivity contribution is -0.387. The van der Waals surface area contributed by atoms with E-state index in [-0.39, 0.29) is 11.7 Å². The standard InChI is InChI=1S/C12H18N2O6S/c1-8(2)10(7-15)13-21(18,19)12-5-4-9(20-3)6-11(12)14(16)17/h4-6,8,10,13,15H,7H2,1-3H3/t10-/m1/s1. The SMILES string of the molecule is COc1ccc(S(=O)(=O)N[C@H](CO)C(C)C)c([N+](=O)[O-])c1. The van der Waals surface area contributed by atoms with Crippen LogP contribution in [0.5, 0.6) is 5.75 Å². The second kappa shape index (κ2) is 6.83. The molecule has 1 rings (SSSR count). The fraction of sp³-hybridized carbons (Fsp3) is 0.500. The molecule has 0 amide bonds. The zero-order valence-electron chi connectivity index (χ0n) is 11.9. The number of nitrogens with one attached hydrogen (secondary N) is 1. The molecule has 2 N–H and O–H groups in total. The Labute approximate surface area is 122 Å². The molecule has 9 heteroatoms. The van der Waals surface area contributed by atoms with Crippen molar-refractivity contribution in [3.63, 3.8) is 0 Å². The Balaban J connectivity index is 3.28. The quantitative estimate of drug-likeness (QED) is 0.569. The largest absolute Gasteiger partial charge is 0.497 e. The van der Waals surface area contributed by atoms with Gasteiger partial charge in [0.05, 0.1) is 24.7 Å². The molecule has 1 atom stereocenters. The summed E-state index contributed by atoms with van der Waals surface area (Å²) in [6, 6.07) is 2.74. The summed E-state index contributed by atoms with van der Waals surface area (Å²) in [6.45, 7) is 3.05. The summed E-state index contributed by atoms with van der Waals surface area (Å²) >= 11 is 0. The molecule has 0 saturated carbocycles. The maximum Gasteiger partial charge on any atom is 0.293 e. The molecule has 1 aromatic carbocycles. The van der Waals surface area contributed by atoms with E-state index in [4.69, 9.17) is 4.74 Å². The fourth-order valence-electron chi connectivity index (χ4n) is 1.64. The van der Waals surface area contributed by atoms with Gasteiger partial charge >= 0.3 is 0 Å². The molecule has 1 aromatic rings. The molecule has 0 bridgehead atoms. The lowest BCUT2D eigenvalue weighted by Gasteiger charge is -2.19. The third kappa shape index (κ3) is 4.13. The number of aliphatic hydroxyl groups excluding tert-OH is 1. The number of sulfonamides is 1. The molecule has 0 fully saturated rings. The highest BCUT2D eigenvalue weighted by Gasteiger charge is 2.29. The van der Waals surface area contributed by atoms with Crippen LogP contribution in [-0.2, 0) is 10.0 Å². The summed E-state index contributed by atoms with van der Waals surface area (Å²) in [6.07, 6.45) is 0. The molecular weight excluding hydrogens is 300 g/mol. The van der Waals surface area contributed by atoms with Crippen LogP contribution in [0.1, 0.15) is 13.8 Å². The molecule has 0 spiro atoms. The van der Waals surface area contributed by atoms with Crippen LogP contribution in [-0.4, -0.2) is 38.2 Å². The van der Waals surface area contributed by atoms with Gasteiger partial charge in [0.25, 0.3) is 5.69 Å². The number of nitro groups is 1. The van der Waals surface area contributed by atoms with Gasteiger partial charge in [0.2, 0.25) is 10.0 Å². The molecule has 21 heavy (non-hydrogen) atoms. The van der Waals surface area contributed by atoms with Crippen LogP contribution in [0.2, 0.25) is 0 Å². The number of hydrogen-bond donors (Lipinski definition) is 2. The topological polar surface area (TPSA) is 119 Å². The summed E-state index contributed by atoms with van der Waals surface area (Å²) in [5.41, 5.74) is -0.581. The number of hydrogen-bond acceptors (Lipinski definition) is 6. The van der Waals surface area contributed by atoms with Gasteiger partial charge in [0.1, 0.15) is 5.75 Å². The van der Waals surface area contributed by atoms with E-state index >= 15 is 0 Å². The Morgan fingerprint density at radius 2 is 2.05 bits per heavy atom. The highest BCUT2D eigenvalue weighted by Crippen LogP contribution is 2.28. The third-order valence-corrected chi connectivity index (χ3v) is 4.50. The molecule has 0 aliphatic rings. The summed E-state index contributed by atoms with van der Waals surface area (Å²) in [7, 11) is -2.80. The van der Waals surface area contributed by atoms with Crippen LogP contribution >= 0.6 is 0 Å². The normalized spacial score (nSPS) is 13.2. The summed E-state index contributed by atoms with van der Waals surface area (Å²) in [5.74, 6) is 0.0188. The second-order valence-electron chi connectivity index (χ2n) is 4.75. The number of nitrogens with zero attached hydrogens (tertiary/aromatic N) is 1. The van der Waals surface area contributed by atoms with E-state index in [1.165, 1.54) is 13.2 Å². The van der Waals surface area contributed by atoms with Crippen LogP contribution in [0.25, 0.3) is 0 Å². The third-order valence-electron chi connectivity index (χ3n) is 2.96. The van der Waals surface area contributed by atoms with E-state index in [0.717, 1.165) is 12.1 Å². The minimum atomic E-state index is -4.12. The van der Waals surface area contributed by atoms with Gasteiger partial charge in [-0.2, -0.15) is 0 Å². The number of nitro benzene ring substituents is 1. The average molecular weight is 318 g/mol. The van der Waals surface area contributed by atoms with Gasteiger partial charge in [-0.1, -0.05) is 13.8 Å². The monoisotopic (exact) mass is 318 g/mol. The zero-order valence-corrected chi connectivity index (χ0v) is 12.8. The highest BCUT2D eigenvalue weighted by molar-refractivity contribution is 7.89. The molecule has 0 aliphatic heterocycles. The minimum absolute atomic E-state index is 0.165. The summed E-state index contributed by atoms with van der Waals surface area (Å²) in [4.78, 5) is 9.78. The number of benzene rings is 1. The predicted molar refractivity (Wildman–Crippen MR) is 75.7 cm³/mol. The molecule has 0 aromatic heterocycles. The molecule has 0 radical (unpaired) electrons. The van der Waals surface area contributed by atoms with Crippen molar-refractivity contribution in [2.24, 2.45) is 5.92 Å². The molecular formula is C12H18N2O6S. The Bertz CT molecular complexity index is 614. The minimum Gasteiger partial charge on any atom is -0.497 e. The molecule has 0 aliphatic carbocycles. The van der Waals surface area contributed by atoms with Crippen molar-refractivity contribution < 1.29 is 23.2 Å². The fourth-order valence-corrected chi connectivity index (χ4v) is 3.17. The van der Waals surface area contributed by atoms with Crippen LogP contribution < -0.4 is 9.46 Å². The first-order valence-electron chi connectivity index (χ1n) is 6.18. The van der Waals surface area contributed by atoms with Gasteiger partial charge in [-0.05, 0) is 18.1 Å². The summed E-state index contributed by atoms with van der Waals surface area (Å²) in [5, 5.41) is 20.2. The van der Waals surface area contributed by atoms with E-state index in [9.17, 15) is 23.6 Å². The number of aliphatic hydroxyl groups is 1. The van der Waals surface area contributed by atoms with Crippen molar-refractivity contribution in [3.05, 3.63) is 28.3 Å². The zero-order chi connectivity index (χ0) is 16.2. The van der Waals surface area contributed by atoms with Crippen LogP contribution in [0.3, 0.4) is 0 Å². The van der Waals surface area contributed by atoms with Crippen molar-refractivity contribution in [1.29, 1.82) is 0 Å². The van der Waals surface area contributed by atoms with Crippen molar-refractivity contribution >= 4 is 15.7 Å². The molecule has 118 valence electrons. The highest BCUT2D eigenvalue weighted by atomic mass is 32.2. The van der Waals surface area contributed by atoms with Gasteiger partial charge in [0, 0.05) is 6.04 Å². The van der Waals surface area contributed by atoms with Gasteiger partial charge in [-0.3, -0.25) is 10.1 Å². The number of ether oxygens (including phenoxy) is 1. The van der Waals surface area contributed by atoms with Crippen molar-refractivity contribution in [2.45, 2.75) is 24.8 Å². The Hall–Kier alpha value is -1.71. The Morgan fingerprint density at radius 3 is 2.48 bits per heavy atom. The van der Waals surface area contributed by atoms with E-state index in [1.807, 2.05) is 0 Å². The van der Waals surface area contributed by atoms with Gasteiger partial charge in [0.15, 0.2) is 4.90 Å². The predicted octanol–water partition coefficient (Wildman–Crippen LogP) is 0.899. The van der Waals surface area contributed by atoms with Crippen LogP contribution in [0.4, 0.5) is 5.69 Å². The average Bonchev–Trinajstić information content (AvgIpc) is 2.43. The first-order chi connectivity index (χ1) is 9.72. The molecule has 0 unspecified atom stereocenters. The van der Waals surface area contributed by atoms with E-state index in [1.54, 1.807) is 13.8 Å². The van der Waals surface area contributed by atoms with Gasteiger partial charge in [-0.25, -0.2) is 13.1 Å². The lowest BCUT2D eigenvalue weighted by Crippen LogP contribution is -2.41. The first-order valence-corrected chi connectivity index (χ1v) is 7.67. The van der Waals surface area contributed by atoms with Crippen LogP contribution in [0, 0.1) is 16.0 Å². The number of rotatable bonds is 7. The number of methoxy groups -OCH3 is 1. The van der Waals surface area contributed by atoms with Crippen LogP contribution in [0.15, 0.2) is 23.1 Å². The molecule has 0 heterocycles. The maximum absolute atomic E-state index is 12.3. The Morgan fingerprint density at radius 1 is 1.43 bits per heavy atom. The van der Waals surface area contributed by atoms with E-state index in [2.05, 4.69) is 4.72 Å². The maximum atomic E-state index is 12.3. The molecule has 8 nitrogen and oxygen atoms in total. The molecule has 0 saturated heterocycles. The van der Waals surface area contributed by atoms with Crippen molar-refractivity contribution in [1.82, 2.24) is 4.72 Å². The lowest BCUT2D eigenvalue weighted by atomic mass is 10.1. The van der Waals surface area contributed by atoms with Crippen molar-refractivity contribution in [3.8, 4) is 5.75 Å². The smallest absolute Gasteiger partial charge is 0.293 e. The second-order valence-corrected chi connectivity index (χ2v) is 6.43.